The number of halogens is 3. The molecule has 0 aliphatic heterocycles. The SMILES string of the molecule is Cc1ccccc1CCNC(=O)c1c(F)cc(Br)cc1F. The van der Waals surface area contributed by atoms with Crippen LogP contribution in [0.25, 0.3) is 0 Å². The van der Waals surface area contributed by atoms with Crippen molar-refractivity contribution in [2.75, 3.05) is 6.54 Å². The lowest BCUT2D eigenvalue weighted by atomic mass is 10.1. The summed E-state index contributed by atoms with van der Waals surface area (Å²) in [5.74, 6) is -2.50. The number of aryl methyl sites for hydroxylation is 1. The molecule has 2 nitrogen and oxygen atoms in total. The fraction of sp³-hybridized carbons (Fsp3) is 0.188. The van der Waals surface area contributed by atoms with Gasteiger partial charge in [0, 0.05) is 11.0 Å². The second kappa shape index (κ2) is 6.80. The number of amides is 1. The van der Waals surface area contributed by atoms with Gasteiger partial charge in [-0.25, -0.2) is 8.78 Å². The fourth-order valence-electron chi connectivity index (χ4n) is 2.05. The molecule has 0 bridgehead atoms. The molecule has 2 aromatic rings. The third-order valence-electron chi connectivity index (χ3n) is 3.18. The van der Waals surface area contributed by atoms with E-state index in [2.05, 4.69) is 21.2 Å². The van der Waals surface area contributed by atoms with Crippen molar-refractivity contribution in [3.8, 4) is 0 Å². The Kier molecular flexibility index (Phi) is 5.07. The Morgan fingerprint density at radius 1 is 1.19 bits per heavy atom. The monoisotopic (exact) mass is 353 g/mol. The van der Waals surface area contributed by atoms with Crippen LogP contribution in [0.3, 0.4) is 0 Å². The highest BCUT2D eigenvalue weighted by Crippen LogP contribution is 2.19. The average molecular weight is 354 g/mol. The summed E-state index contributed by atoms with van der Waals surface area (Å²) in [4.78, 5) is 11.9. The van der Waals surface area contributed by atoms with Crippen molar-refractivity contribution in [1.82, 2.24) is 5.32 Å². The minimum Gasteiger partial charge on any atom is -0.352 e. The molecular formula is C16H14BrF2NO. The van der Waals surface area contributed by atoms with Crippen LogP contribution in [0, 0.1) is 18.6 Å². The fourth-order valence-corrected chi connectivity index (χ4v) is 2.45. The van der Waals surface area contributed by atoms with Gasteiger partial charge in [0.1, 0.15) is 17.2 Å². The largest absolute Gasteiger partial charge is 0.352 e. The molecule has 0 saturated heterocycles. The van der Waals surface area contributed by atoms with Gasteiger partial charge in [0.2, 0.25) is 0 Å². The summed E-state index contributed by atoms with van der Waals surface area (Å²) in [6.07, 6.45) is 0.609. The first-order chi connectivity index (χ1) is 9.99. The standard InChI is InChI=1S/C16H14BrF2NO/c1-10-4-2-3-5-11(10)6-7-20-16(21)15-13(18)8-12(17)9-14(15)19/h2-5,8-9H,6-7H2,1H3,(H,20,21). The molecule has 0 fully saturated rings. The smallest absolute Gasteiger partial charge is 0.257 e. The van der Waals surface area contributed by atoms with Crippen LogP contribution in [0.15, 0.2) is 40.9 Å². The zero-order chi connectivity index (χ0) is 15.4. The van der Waals surface area contributed by atoms with E-state index in [9.17, 15) is 13.6 Å². The van der Waals surface area contributed by atoms with Gasteiger partial charge in [0.05, 0.1) is 0 Å². The van der Waals surface area contributed by atoms with Crippen LogP contribution in [0.5, 0.6) is 0 Å². The van der Waals surface area contributed by atoms with E-state index in [1.807, 2.05) is 31.2 Å². The average Bonchev–Trinajstić information content (AvgIpc) is 2.39. The molecule has 110 valence electrons. The first kappa shape index (κ1) is 15.6. The highest BCUT2D eigenvalue weighted by molar-refractivity contribution is 9.10. The lowest BCUT2D eigenvalue weighted by molar-refractivity contribution is 0.0945. The predicted octanol–water partition coefficient (Wildman–Crippen LogP) is 4.01. The van der Waals surface area contributed by atoms with Gasteiger partial charge in [0.25, 0.3) is 5.91 Å². The second-order valence-electron chi connectivity index (χ2n) is 4.68. The normalized spacial score (nSPS) is 10.5. The Bertz CT molecular complexity index is 650. The van der Waals surface area contributed by atoms with E-state index in [1.165, 1.54) is 0 Å². The maximum Gasteiger partial charge on any atom is 0.257 e. The molecule has 0 spiro atoms. The van der Waals surface area contributed by atoms with Gasteiger partial charge >= 0.3 is 0 Å². The Morgan fingerprint density at radius 3 is 2.43 bits per heavy atom. The first-order valence-electron chi connectivity index (χ1n) is 6.46. The Labute approximate surface area is 130 Å². The summed E-state index contributed by atoms with van der Waals surface area (Å²) in [6, 6.07) is 9.92. The molecule has 5 heteroatoms. The summed E-state index contributed by atoms with van der Waals surface area (Å²) < 4.78 is 27.5. The number of nitrogens with one attached hydrogen (secondary N) is 1. The molecule has 2 aromatic carbocycles. The van der Waals surface area contributed by atoms with Crippen LogP contribution in [-0.4, -0.2) is 12.5 Å². The van der Waals surface area contributed by atoms with E-state index in [0.717, 1.165) is 23.3 Å². The van der Waals surface area contributed by atoms with E-state index in [0.29, 0.717) is 13.0 Å². The van der Waals surface area contributed by atoms with Gasteiger partial charge in [-0.2, -0.15) is 0 Å². The highest BCUT2D eigenvalue weighted by atomic mass is 79.9. The molecule has 2 rings (SSSR count). The molecule has 0 aliphatic carbocycles. The number of rotatable bonds is 4. The summed E-state index contributed by atoms with van der Waals surface area (Å²) in [7, 11) is 0. The lowest BCUT2D eigenvalue weighted by Gasteiger charge is -2.09. The van der Waals surface area contributed by atoms with Crippen molar-refractivity contribution >= 4 is 21.8 Å². The minimum atomic E-state index is -0.879. The Hall–Kier alpha value is -1.75. The van der Waals surface area contributed by atoms with Crippen LogP contribution in [0.1, 0.15) is 21.5 Å². The zero-order valence-corrected chi connectivity index (χ0v) is 13.0. The third kappa shape index (κ3) is 3.88. The van der Waals surface area contributed by atoms with Crippen LogP contribution < -0.4 is 5.32 Å². The van der Waals surface area contributed by atoms with E-state index in [4.69, 9.17) is 0 Å². The quantitative estimate of drug-likeness (QED) is 0.883. The van der Waals surface area contributed by atoms with Gasteiger partial charge in [0.15, 0.2) is 0 Å². The minimum absolute atomic E-state index is 0.258. The van der Waals surface area contributed by atoms with E-state index >= 15 is 0 Å². The van der Waals surface area contributed by atoms with Crippen LogP contribution in [0.4, 0.5) is 8.78 Å². The molecule has 0 unspecified atom stereocenters. The van der Waals surface area contributed by atoms with E-state index < -0.39 is 23.1 Å². The molecular weight excluding hydrogens is 340 g/mol. The number of benzene rings is 2. The lowest BCUT2D eigenvalue weighted by Crippen LogP contribution is -2.27. The number of carbonyl (C=O) groups excluding carboxylic acids is 1. The van der Waals surface area contributed by atoms with Crippen molar-refractivity contribution in [2.24, 2.45) is 0 Å². The molecule has 1 N–H and O–H groups in total. The zero-order valence-electron chi connectivity index (χ0n) is 11.4. The van der Waals surface area contributed by atoms with Crippen LogP contribution in [0.2, 0.25) is 0 Å². The van der Waals surface area contributed by atoms with Gasteiger partial charge in [-0.1, -0.05) is 40.2 Å². The van der Waals surface area contributed by atoms with Crippen LogP contribution in [-0.2, 0) is 6.42 Å². The Balaban J connectivity index is 2.01. The molecule has 0 aliphatic rings. The van der Waals surface area contributed by atoms with Crippen molar-refractivity contribution in [2.45, 2.75) is 13.3 Å². The topological polar surface area (TPSA) is 29.1 Å². The van der Waals surface area contributed by atoms with Gasteiger partial charge < -0.3 is 5.32 Å². The third-order valence-corrected chi connectivity index (χ3v) is 3.63. The van der Waals surface area contributed by atoms with Crippen LogP contribution >= 0.6 is 15.9 Å². The molecule has 0 atom stereocenters. The van der Waals surface area contributed by atoms with Crippen molar-refractivity contribution in [3.63, 3.8) is 0 Å². The van der Waals surface area contributed by atoms with Gasteiger partial charge in [-0.3, -0.25) is 4.79 Å². The number of hydrogen-bond donors (Lipinski definition) is 1. The maximum atomic E-state index is 13.6. The first-order valence-corrected chi connectivity index (χ1v) is 7.25. The predicted molar refractivity (Wildman–Crippen MR) is 81.3 cm³/mol. The molecule has 0 radical (unpaired) electrons. The number of hydrogen-bond acceptors (Lipinski definition) is 1. The summed E-state index contributed by atoms with van der Waals surface area (Å²) in [5, 5.41) is 2.54. The van der Waals surface area contributed by atoms with Crippen molar-refractivity contribution in [1.29, 1.82) is 0 Å². The molecule has 0 saturated carbocycles. The molecule has 0 aromatic heterocycles. The van der Waals surface area contributed by atoms with E-state index in [-0.39, 0.29) is 4.47 Å². The summed E-state index contributed by atoms with van der Waals surface area (Å²) >= 11 is 2.98. The molecule has 0 heterocycles. The summed E-state index contributed by atoms with van der Waals surface area (Å²) in [5.41, 5.74) is 1.66. The second-order valence-corrected chi connectivity index (χ2v) is 5.59. The number of carbonyl (C=O) groups is 1. The molecule has 21 heavy (non-hydrogen) atoms. The van der Waals surface area contributed by atoms with Crippen molar-refractivity contribution in [3.05, 3.63) is 69.2 Å². The maximum absolute atomic E-state index is 13.6. The highest BCUT2D eigenvalue weighted by Gasteiger charge is 2.17. The van der Waals surface area contributed by atoms with Gasteiger partial charge in [-0.05, 0) is 36.6 Å². The molecule has 1 amide bonds. The van der Waals surface area contributed by atoms with Gasteiger partial charge in [-0.15, -0.1) is 0 Å². The summed E-state index contributed by atoms with van der Waals surface area (Å²) in [6.45, 7) is 2.30. The Morgan fingerprint density at radius 2 is 1.81 bits per heavy atom. The van der Waals surface area contributed by atoms with E-state index in [1.54, 1.807) is 0 Å². The van der Waals surface area contributed by atoms with Crippen molar-refractivity contribution < 1.29 is 13.6 Å².